The minimum absolute atomic E-state index is 0.130. The number of carbonyl (C=O) groups is 3. The number of benzene rings is 2. The van der Waals surface area contributed by atoms with Gasteiger partial charge in [-0.3, -0.25) is 9.59 Å². The summed E-state index contributed by atoms with van der Waals surface area (Å²) in [5.41, 5.74) is 1.63. The molecule has 1 saturated heterocycles. The molecule has 0 aliphatic carbocycles. The number of hydrogen-bond donors (Lipinski definition) is 1. The first-order chi connectivity index (χ1) is 15.9. The van der Waals surface area contributed by atoms with E-state index in [1.807, 2.05) is 36.4 Å². The van der Waals surface area contributed by atoms with Crippen LogP contribution >= 0.6 is 0 Å². The van der Waals surface area contributed by atoms with Crippen LogP contribution in [0.4, 0.5) is 11.4 Å². The zero-order valence-electron chi connectivity index (χ0n) is 19.0. The van der Waals surface area contributed by atoms with Crippen LogP contribution < -0.4 is 10.2 Å². The van der Waals surface area contributed by atoms with Crippen molar-refractivity contribution in [1.29, 1.82) is 0 Å². The van der Waals surface area contributed by atoms with Gasteiger partial charge in [0.15, 0.2) is 5.60 Å². The Kier molecular flexibility index (Phi) is 6.65. The SMILES string of the molecule is CCN(CC(=O)Nc1ccc(N2CCOCC2)cc1)C(=O)C1(C)Cc2ccccc2C(=O)O1. The highest BCUT2D eigenvalue weighted by Crippen LogP contribution is 2.29. The maximum atomic E-state index is 13.3. The van der Waals surface area contributed by atoms with Gasteiger partial charge < -0.3 is 24.6 Å². The van der Waals surface area contributed by atoms with Crippen LogP contribution in [-0.4, -0.2) is 67.7 Å². The number of cyclic esters (lactones) is 1. The van der Waals surface area contributed by atoms with E-state index in [1.54, 1.807) is 26.0 Å². The molecule has 1 unspecified atom stereocenters. The van der Waals surface area contributed by atoms with Crippen LogP contribution in [0.15, 0.2) is 48.5 Å². The van der Waals surface area contributed by atoms with Crippen molar-refractivity contribution in [3.05, 3.63) is 59.7 Å². The number of esters is 1. The Morgan fingerprint density at radius 1 is 1.09 bits per heavy atom. The summed E-state index contributed by atoms with van der Waals surface area (Å²) in [6, 6.07) is 14.7. The van der Waals surface area contributed by atoms with Crippen molar-refractivity contribution in [2.24, 2.45) is 0 Å². The maximum absolute atomic E-state index is 13.3. The van der Waals surface area contributed by atoms with E-state index in [0.29, 0.717) is 31.0 Å². The molecule has 2 amide bonds. The number of morpholine rings is 1. The van der Waals surface area contributed by atoms with Crippen molar-refractivity contribution >= 4 is 29.2 Å². The second-order valence-corrected chi connectivity index (χ2v) is 8.47. The van der Waals surface area contributed by atoms with Gasteiger partial charge in [0.1, 0.15) is 0 Å². The van der Waals surface area contributed by atoms with E-state index in [9.17, 15) is 14.4 Å². The van der Waals surface area contributed by atoms with Gasteiger partial charge in [0.05, 0.1) is 25.3 Å². The summed E-state index contributed by atoms with van der Waals surface area (Å²) in [5, 5.41) is 2.85. The highest BCUT2D eigenvalue weighted by atomic mass is 16.6. The molecule has 4 rings (SSSR count). The lowest BCUT2D eigenvalue weighted by atomic mass is 9.89. The van der Waals surface area contributed by atoms with Gasteiger partial charge >= 0.3 is 5.97 Å². The molecular formula is C25H29N3O5. The molecule has 2 aromatic rings. The molecule has 0 aromatic heterocycles. The molecule has 2 heterocycles. The lowest BCUT2D eigenvalue weighted by molar-refractivity contribution is -0.152. The fourth-order valence-corrected chi connectivity index (χ4v) is 4.26. The maximum Gasteiger partial charge on any atom is 0.339 e. The molecule has 2 aliphatic heterocycles. The summed E-state index contributed by atoms with van der Waals surface area (Å²) < 4.78 is 10.9. The summed E-state index contributed by atoms with van der Waals surface area (Å²) in [6.07, 6.45) is 0.273. The van der Waals surface area contributed by atoms with E-state index in [1.165, 1.54) is 4.90 Å². The first-order valence-electron chi connectivity index (χ1n) is 11.2. The van der Waals surface area contributed by atoms with E-state index in [-0.39, 0.29) is 24.8 Å². The van der Waals surface area contributed by atoms with Crippen LogP contribution in [0.2, 0.25) is 0 Å². The average Bonchev–Trinajstić information content (AvgIpc) is 2.83. The highest BCUT2D eigenvalue weighted by Gasteiger charge is 2.44. The molecule has 1 atom stereocenters. The first-order valence-corrected chi connectivity index (χ1v) is 11.2. The molecule has 0 spiro atoms. The molecule has 0 bridgehead atoms. The normalized spacial score (nSPS) is 19.9. The van der Waals surface area contributed by atoms with Crippen LogP contribution in [0.25, 0.3) is 0 Å². The van der Waals surface area contributed by atoms with Gasteiger partial charge in [0.25, 0.3) is 5.91 Å². The quantitative estimate of drug-likeness (QED) is 0.679. The highest BCUT2D eigenvalue weighted by molar-refractivity contribution is 5.99. The van der Waals surface area contributed by atoms with Crippen LogP contribution in [0.5, 0.6) is 0 Å². The van der Waals surface area contributed by atoms with Crippen molar-refractivity contribution in [3.8, 4) is 0 Å². The largest absolute Gasteiger partial charge is 0.445 e. The Hall–Kier alpha value is -3.39. The van der Waals surface area contributed by atoms with Crippen molar-refractivity contribution in [2.75, 3.05) is 49.6 Å². The van der Waals surface area contributed by atoms with Crippen LogP contribution in [0, 0.1) is 0 Å². The predicted octanol–water partition coefficient (Wildman–Crippen LogP) is 2.48. The lowest BCUT2D eigenvalue weighted by Gasteiger charge is -2.36. The lowest BCUT2D eigenvalue weighted by Crippen LogP contribution is -2.54. The number of anilines is 2. The minimum Gasteiger partial charge on any atom is -0.445 e. The van der Waals surface area contributed by atoms with Crippen LogP contribution in [0.3, 0.4) is 0 Å². The number of nitrogens with one attached hydrogen (secondary N) is 1. The number of rotatable bonds is 6. The minimum atomic E-state index is -1.35. The fraction of sp³-hybridized carbons (Fsp3) is 0.400. The third-order valence-electron chi connectivity index (χ3n) is 6.07. The summed E-state index contributed by atoms with van der Waals surface area (Å²) in [7, 11) is 0. The zero-order chi connectivity index (χ0) is 23.4. The molecular weight excluding hydrogens is 422 g/mol. The molecule has 0 radical (unpaired) electrons. The monoisotopic (exact) mass is 451 g/mol. The van der Waals surface area contributed by atoms with Gasteiger partial charge in [-0.25, -0.2) is 4.79 Å². The Morgan fingerprint density at radius 2 is 1.79 bits per heavy atom. The van der Waals surface area contributed by atoms with Crippen molar-refractivity contribution in [3.63, 3.8) is 0 Å². The summed E-state index contributed by atoms with van der Waals surface area (Å²) in [4.78, 5) is 42.0. The molecule has 1 fully saturated rings. The van der Waals surface area contributed by atoms with Gasteiger partial charge in [-0.2, -0.15) is 0 Å². The predicted molar refractivity (Wildman–Crippen MR) is 124 cm³/mol. The summed E-state index contributed by atoms with van der Waals surface area (Å²) in [6.45, 7) is 6.68. The van der Waals surface area contributed by atoms with Crippen molar-refractivity contribution < 1.29 is 23.9 Å². The first kappa shape index (κ1) is 22.8. The summed E-state index contributed by atoms with van der Waals surface area (Å²) in [5.74, 6) is -1.21. The fourth-order valence-electron chi connectivity index (χ4n) is 4.26. The average molecular weight is 452 g/mol. The Morgan fingerprint density at radius 3 is 2.48 bits per heavy atom. The zero-order valence-corrected chi connectivity index (χ0v) is 19.0. The molecule has 0 saturated carbocycles. The second-order valence-electron chi connectivity index (χ2n) is 8.47. The van der Waals surface area contributed by atoms with Crippen molar-refractivity contribution in [1.82, 2.24) is 4.90 Å². The topological polar surface area (TPSA) is 88.2 Å². The van der Waals surface area contributed by atoms with Gasteiger partial charge in [0, 0.05) is 37.4 Å². The van der Waals surface area contributed by atoms with Crippen LogP contribution in [-0.2, 0) is 25.5 Å². The number of carbonyl (C=O) groups excluding carboxylic acids is 3. The molecule has 2 aliphatic rings. The molecule has 8 heteroatoms. The van der Waals surface area contributed by atoms with E-state index >= 15 is 0 Å². The number of hydrogen-bond acceptors (Lipinski definition) is 6. The van der Waals surface area contributed by atoms with E-state index in [0.717, 1.165) is 24.3 Å². The van der Waals surface area contributed by atoms with Gasteiger partial charge in [0.2, 0.25) is 5.91 Å². The number of likely N-dealkylation sites (N-methyl/N-ethyl adjacent to an activating group) is 1. The number of fused-ring (bicyclic) bond motifs is 1. The van der Waals surface area contributed by atoms with Gasteiger partial charge in [-0.1, -0.05) is 18.2 Å². The van der Waals surface area contributed by atoms with Gasteiger partial charge in [-0.05, 0) is 49.7 Å². The van der Waals surface area contributed by atoms with E-state index in [2.05, 4.69) is 10.2 Å². The van der Waals surface area contributed by atoms with E-state index < -0.39 is 11.6 Å². The Bertz CT molecular complexity index is 1030. The third-order valence-corrected chi connectivity index (χ3v) is 6.07. The van der Waals surface area contributed by atoms with Crippen molar-refractivity contribution in [2.45, 2.75) is 25.9 Å². The molecule has 33 heavy (non-hydrogen) atoms. The molecule has 1 N–H and O–H groups in total. The molecule has 8 nitrogen and oxygen atoms in total. The standard InChI is InChI=1S/C25H29N3O5/c1-3-27(24(31)25(2)16-18-6-4-5-7-21(18)23(30)33-25)17-22(29)26-19-8-10-20(11-9-19)28-12-14-32-15-13-28/h4-11H,3,12-17H2,1-2H3,(H,26,29). The number of ether oxygens (including phenoxy) is 2. The summed E-state index contributed by atoms with van der Waals surface area (Å²) >= 11 is 0. The smallest absolute Gasteiger partial charge is 0.339 e. The molecule has 174 valence electrons. The van der Waals surface area contributed by atoms with E-state index in [4.69, 9.17) is 9.47 Å². The second kappa shape index (κ2) is 9.62. The van der Waals surface area contributed by atoms with Gasteiger partial charge in [-0.15, -0.1) is 0 Å². The Labute approximate surface area is 193 Å². The number of amides is 2. The Balaban J connectivity index is 1.38. The third kappa shape index (κ3) is 5.01. The molecule has 2 aromatic carbocycles. The number of nitrogens with zero attached hydrogens (tertiary/aromatic N) is 2. The van der Waals surface area contributed by atoms with Crippen LogP contribution in [0.1, 0.15) is 29.8 Å².